The van der Waals surface area contributed by atoms with E-state index in [2.05, 4.69) is 15.6 Å². The minimum Gasteiger partial charge on any atom is -0.321 e. The molecule has 1 aromatic heterocycles. The van der Waals surface area contributed by atoms with Crippen LogP contribution in [0.15, 0.2) is 66.9 Å². The van der Waals surface area contributed by atoms with E-state index in [9.17, 15) is 19.7 Å². The van der Waals surface area contributed by atoms with Crippen molar-refractivity contribution in [2.24, 2.45) is 0 Å². The fourth-order valence-electron chi connectivity index (χ4n) is 2.44. The molecule has 0 aliphatic carbocycles. The van der Waals surface area contributed by atoms with Gasteiger partial charge in [0.05, 0.1) is 21.2 Å². The first-order chi connectivity index (χ1) is 13.5. The Kier molecular flexibility index (Phi) is 5.61. The molecule has 2 amide bonds. The van der Waals surface area contributed by atoms with Gasteiger partial charge in [0, 0.05) is 12.3 Å². The van der Waals surface area contributed by atoms with Gasteiger partial charge in [-0.05, 0) is 30.3 Å². The summed E-state index contributed by atoms with van der Waals surface area (Å²) in [4.78, 5) is 39.6. The Hall–Kier alpha value is -3.78. The second-order valence-corrected chi connectivity index (χ2v) is 6.03. The molecule has 8 nitrogen and oxygen atoms in total. The molecule has 0 unspecified atom stereocenters. The molecule has 0 radical (unpaired) electrons. The lowest BCUT2D eigenvalue weighted by Crippen LogP contribution is -2.19. The van der Waals surface area contributed by atoms with Gasteiger partial charge in [-0.15, -0.1) is 0 Å². The van der Waals surface area contributed by atoms with Crippen molar-refractivity contribution in [3.8, 4) is 0 Å². The first-order valence-corrected chi connectivity index (χ1v) is 8.40. The van der Waals surface area contributed by atoms with Gasteiger partial charge in [-0.25, -0.2) is 4.98 Å². The van der Waals surface area contributed by atoms with E-state index in [4.69, 9.17) is 11.6 Å². The predicted octanol–water partition coefficient (Wildman–Crippen LogP) is 4.15. The van der Waals surface area contributed by atoms with Gasteiger partial charge in [-0.1, -0.05) is 35.9 Å². The number of carbonyl (C=O) groups excluding carboxylic acids is 2. The predicted molar refractivity (Wildman–Crippen MR) is 105 cm³/mol. The summed E-state index contributed by atoms with van der Waals surface area (Å²) in [5.41, 5.74) is -0.0577. The lowest BCUT2D eigenvalue weighted by Gasteiger charge is -2.11. The molecule has 0 aliphatic heterocycles. The third-order valence-corrected chi connectivity index (χ3v) is 3.96. The highest BCUT2D eigenvalue weighted by atomic mass is 35.5. The topological polar surface area (TPSA) is 114 Å². The lowest BCUT2D eigenvalue weighted by molar-refractivity contribution is -0.385. The Morgan fingerprint density at radius 2 is 1.54 bits per heavy atom. The standard InChI is InChI=1S/C19H13ClN4O4/c20-12-9-10-17(21-11-12)23-18(25)13-5-1-3-7-15(13)22-19(26)14-6-2-4-8-16(14)24(27)28/h1-11H,(H,22,26)(H,21,23,25). The van der Waals surface area contributed by atoms with Crippen LogP contribution < -0.4 is 10.6 Å². The highest BCUT2D eigenvalue weighted by Gasteiger charge is 2.21. The average Bonchev–Trinajstić information content (AvgIpc) is 2.70. The largest absolute Gasteiger partial charge is 0.321 e. The van der Waals surface area contributed by atoms with Gasteiger partial charge in [0.2, 0.25) is 0 Å². The molecule has 0 bridgehead atoms. The molecule has 1 heterocycles. The number of carbonyl (C=O) groups is 2. The molecule has 28 heavy (non-hydrogen) atoms. The van der Waals surface area contributed by atoms with E-state index < -0.39 is 16.7 Å². The van der Waals surface area contributed by atoms with Crippen molar-refractivity contribution in [2.75, 3.05) is 10.6 Å². The Morgan fingerprint density at radius 3 is 2.21 bits per heavy atom. The maximum absolute atomic E-state index is 12.6. The highest BCUT2D eigenvalue weighted by Crippen LogP contribution is 2.22. The Labute approximate surface area is 164 Å². The quantitative estimate of drug-likeness (QED) is 0.496. The summed E-state index contributed by atoms with van der Waals surface area (Å²) in [6, 6.07) is 15.0. The van der Waals surface area contributed by atoms with Crippen LogP contribution in [0.3, 0.4) is 0 Å². The molecule has 3 rings (SSSR count). The van der Waals surface area contributed by atoms with E-state index in [-0.39, 0.29) is 28.3 Å². The zero-order valence-electron chi connectivity index (χ0n) is 14.3. The van der Waals surface area contributed by atoms with E-state index >= 15 is 0 Å². The first kappa shape index (κ1) is 19.0. The van der Waals surface area contributed by atoms with Crippen molar-refractivity contribution in [1.29, 1.82) is 0 Å². The number of benzene rings is 2. The zero-order chi connectivity index (χ0) is 20.1. The van der Waals surface area contributed by atoms with Crippen molar-refractivity contribution < 1.29 is 14.5 Å². The second kappa shape index (κ2) is 8.28. The maximum Gasteiger partial charge on any atom is 0.282 e. The van der Waals surface area contributed by atoms with E-state index in [1.165, 1.54) is 48.7 Å². The zero-order valence-corrected chi connectivity index (χ0v) is 15.0. The number of pyridine rings is 1. The monoisotopic (exact) mass is 396 g/mol. The average molecular weight is 397 g/mol. The van der Waals surface area contributed by atoms with Crippen molar-refractivity contribution in [3.05, 3.63) is 93.1 Å². The van der Waals surface area contributed by atoms with E-state index in [0.717, 1.165) is 0 Å². The summed E-state index contributed by atoms with van der Waals surface area (Å²) in [6.07, 6.45) is 1.39. The molecule has 9 heteroatoms. The van der Waals surface area contributed by atoms with Crippen LogP contribution >= 0.6 is 11.6 Å². The minimum absolute atomic E-state index is 0.109. The fraction of sp³-hybridized carbons (Fsp3) is 0. The summed E-state index contributed by atoms with van der Waals surface area (Å²) in [7, 11) is 0. The number of nitrogens with one attached hydrogen (secondary N) is 2. The van der Waals surface area contributed by atoms with Crippen LogP contribution in [-0.4, -0.2) is 21.7 Å². The summed E-state index contributed by atoms with van der Waals surface area (Å²) < 4.78 is 0. The highest BCUT2D eigenvalue weighted by molar-refractivity contribution is 6.30. The van der Waals surface area contributed by atoms with Crippen LogP contribution in [0.25, 0.3) is 0 Å². The Bertz CT molecular complexity index is 1050. The smallest absolute Gasteiger partial charge is 0.282 e. The number of aromatic nitrogens is 1. The minimum atomic E-state index is -0.697. The number of hydrogen-bond acceptors (Lipinski definition) is 5. The van der Waals surface area contributed by atoms with Crippen LogP contribution in [0.4, 0.5) is 17.2 Å². The molecular formula is C19H13ClN4O4. The normalized spacial score (nSPS) is 10.2. The summed E-state index contributed by atoms with van der Waals surface area (Å²) in [5, 5.41) is 16.7. The van der Waals surface area contributed by atoms with Gasteiger partial charge >= 0.3 is 0 Å². The third-order valence-electron chi connectivity index (χ3n) is 3.73. The van der Waals surface area contributed by atoms with Gasteiger partial charge in [0.25, 0.3) is 17.5 Å². The number of para-hydroxylation sites is 2. The van der Waals surface area contributed by atoms with Crippen LogP contribution in [0.5, 0.6) is 0 Å². The SMILES string of the molecule is O=C(Nc1ccc(Cl)cn1)c1ccccc1NC(=O)c1ccccc1[N+](=O)[O-]. The summed E-state index contributed by atoms with van der Waals surface area (Å²) in [5.74, 6) is -0.917. The molecule has 140 valence electrons. The van der Waals surface area contributed by atoms with Gasteiger partial charge < -0.3 is 10.6 Å². The van der Waals surface area contributed by atoms with Crippen LogP contribution in [0, 0.1) is 10.1 Å². The van der Waals surface area contributed by atoms with Gasteiger partial charge in [0.15, 0.2) is 0 Å². The molecule has 0 fully saturated rings. The van der Waals surface area contributed by atoms with E-state index in [1.54, 1.807) is 18.2 Å². The fourth-order valence-corrected chi connectivity index (χ4v) is 2.55. The number of hydrogen-bond donors (Lipinski definition) is 2. The first-order valence-electron chi connectivity index (χ1n) is 8.02. The summed E-state index contributed by atoms with van der Waals surface area (Å²) >= 11 is 5.77. The molecule has 0 saturated carbocycles. The van der Waals surface area contributed by atoms with E-state index in [1.807, 2.05) is 0 Å². The van der Waals surface area contributed by atoms with Crippen molar-refractivity contribution >= 4 is 40.6 Å². The summed E-state index contributed by atoms with van der Waals surface area (Å²) in [6.45, 7) is 0. The number of halogens is 1. The molecule has 0 spiro atoms. The Balaban J connectivity index is 1.84. The van der Waals surface area contributed by atoms with Crippen LogP contribution in [0.2, 0.25) is 5.02 Å². The third kappa shape index (κ3) is 4.30. The molecule has 3 aromatic rings. The molecule has 0 saturated heterocycles. The number of nitro benzene ring substituents is 1. The van der Waals surface area contributed by atoms with Gasteiger partial charge in [-0.2, -0.15) is 0 Å². The number of anilines is 2. The molecule has 0 aliphatic rings. The van der Waals surface area contributed by atoms with Gasteiger partial charge in [0.1, 0.15) is 11.4 Å². The Morgan fingerprint density at radius 1 is 0.893 bits per heavy atom. The van der Waals surface area contributed by atoms with E-state index in [0.29, 0.717) is 5.02 Å². The maximum atomic E-state index is 12.6. The lowest BCUT2D eigenvalue weighted by atomic mass is 10.1. The number of rotatable bonds is 5. The molecular weight excluding hydrogens is 384 g/mol. The van der Waals surface area contributed by atoms with Crippen molar-refractivity contribution in [2.45, 2.75) is 0 Å². The van der Waals surface area contributed by atoms with Crippen molar-refractivity contribution in [1.82, 2.24) is 4.98 Å². The van der Waals surface area contributed by atoms with Gasteiger partial charge in [-0.3, -0.25) is 19.7 Å². The number of amides is 2. The number of nitro groups is 1. The van der Waals surface area contributed by atoms with Crippen LogP contribution in [-0.2, 0) is 0 Å². The molecule has 2 N–H and O–H groups in total. The van der Waals surface area contributed by atoms with Crippen LogP contribution in [0.1, 0.15) is 20.7 Å². The number of nitrogens with zero attached hydrogens (tertiary/aromatic N) is 2. The molecule has 2 aromatic carbocycles. The van der Waals surface area contributed by atoms with Crippen molar-refractivity contribution in [3.63, 3.8) is 0 Å². The molecule has 0 atom stereocenters. The second-order valence-electron chi connectivity index (χ2n) is 5.59.